The molecule has 1 heterocycles. The van der Waals surface area contributed by atoms with E-state index in [0.717, 1.165) is 19.3 Å². The summed E-state index contributed by atoms with van der Waals surface area (Å²) in [5.74, 6) is 0.350. The van der Waals surface area contributed by atoms with Gasteiger partial charge in [0.2, 0.25) is 10.0 Å². The van der Waals surface area contributed by atoms with Crippen LogP contribution in [-0.2, 0) is 10.0 Å². The van der Waals surface area contributed by atoms with Gasteiger partial charge in [0.25, 0.3) is 0 Å². The van der Waals surface area contributed by atoms with Crippen molar-refractivity contribution in [3.05, 3.63) is 0 Å². The highest BCUT2D eigenvalue weighted by Gasteiger charge is 2.42. The SMILES string of the molecule is CC(N)C1CCN(S(=O)(=O)C2CC2)C1. The minimum atomic E-state index is -2.95. The van der Waals surface area contributed by atoms with Crippen molar-refractivity contribution in [3.63, 3.8) is 0 Å². The maximum absolute atomic E-state index is 11.8. The molecule has 2 fully saturated rings. The number of sulfonamides is 1. The molecular weight excluding hydrogens is 200 g/mol. The molecule has 0 amide bonds. The van der Waals surface area contributed by atoms with E-state index >= 15 is 0 Å². The van der Waals surface area contributed by atoms with E-state index in [4.69, 9.17) is 5.73 Å². The number of rotatable bonds is 3. The Morgan fingerprint density at radius 1 is 1.36 bits per heavy atom. The van der Waals surface area contributed by atoms with Gasteiger partial charge in [-0.25, -0.2) is 12.7 Å². The van der Waals surface area contributed by atoms with Crippen molar-refractivity contribution in [2.45, 2.75) is 37.5 Å². The molecule has 2 N–H and O–H groups in total. The van der Waals surface area contributed by atoms with Gasteiger partial charge >= 0.3 is 0 Å². The zero-order valence-corrected chi connectivity index (χ0v) is 9.33. The van der Waals surface area contributed by atoms with E-state index in [2.05, 4.69) is 0 Å². The highest BCUT2D eigenvalue weighted by atomic mass is 32.2. The van der Waals surface area contributed by atoms with Crippen LogP contribution in [0.4, 0.5) is 0 Å². The molecule has 82 valence electrons. The lowest BCUT2D eigenvalue weighted by molar-refractivity contribution is 0.428. The fourth-order valence-corrected chi connectivity index (χ4v) is 3.90. The van der Waals surface area contributed by atoms with Gasteiger partial charge in [0.05, 0.1) is 5.25 Å². The molecule has 0 spiro atoms. The lowest BCUT2D eigenvalue weighted by Gasteiger charge is -2.17. The van der Waals surface area contributed by atoms with Gasteiger partial charge in [0, 0.05) is 19.1 Å². The van der Waals surface area contributed by atoms with Crippen LogP contribution in [-0.4, -0.2) is 37.1 Å². The second-order valence-electron chi connectivity index (χ2n) is 4.51. The Hall–Kier alpha value is -0.130. The van der Waals surface area contributed by atoms with Crippen molar-refractivity contribution >= 4 is 10.0 Å². The number of nitrogens with two attached hydrogens (primary N) is 1. The first-order valence-corrected chi connectivity index (χ1v) is 6.76. The van der Waals surface area contributed by atoms with Crippen molar-refractivity contribution in [1.29, 1.82) is 0 Å². The van der Waals surface area contributed by atoms with E-state index in [0.29, 0.717) is 19.0 Å². The molecule has 14 heavy (non-hydrogen) atoms. The van der Waals surface area contributed by atoms with Crippen LogP contribution in [0.1, 0.15) is 26.2 Å². The van der Waals surface area contributed by atoms with Crippen LogP contribution < -0.4 is 5.73 Å². The van der Waals surface area contributed by atoms with E-state index < -0.39 is 10.0 Å². The van der Waals surface area contributed by atoms with Crippen molar-refractivity contribution in [3.8, 4) is 0 Å². The van der Waals surface area contributed by atoms with Crippen LogP contribution in [0.5, 0.6) is 0 Å². The van der Waals surface area contributed by atoms with Gasteiger partial charge in [-0.15, -0.1) is 0 Å². The van der Waals surface area contributed by atoms with Gasteiger partial charge in [-0.1, -0.05) is 0 Å². The predicted molar refractivity (Wildman–Crippen MR) is 55.3 cm³/mol. The van der Waals surface area contributed by atoms with E-state index in [1.165, 1.54) is 0 Å². The summed E-state index contributed by atoms with van der Waals surface area (Å²) in [5, 5.41) is -0.0747. The Balaban J connectivity index is 2.01. The third-order valence-corrected chi connectivity index (χ3v) is 5.60. The van der Waals surface area contributed by atoms with Gasteiger partial charge in [0.1, 0.15) is 0 Å². The standard InChI is InChI=1S/C9H18N2O2S/c1-7(10)8-4-5-11(6-8)14(12,13)9-2-3-9/h7-9H,2-6,10H2,1H3. The van der Waals surface area contributed by atoms with Gasteiger partial charge in [0.15, 0.2) is 0 Å². The fourth-order valence-electron chi connectivity index (χ4n) is 1.99. The number of hydrogen-bond acceptors (Lipinski definition) is 3. The van der Waals surface area contributed by atoms with Gasteiger partial charge in [-0.3, -0.25) is 0 Å². The Labute approximate surface area is 85.5 Å². The third-order valence-electron chi connectivity index (χ3n) is 3.24. The van der Waals surface area contributed by atoms with Crippen molar-refractivity contribution in [1.82, 2.24) is 4.31 Å². The minimum Gasteiger partial charge on any atom is -0.328 e. The molecular formula is C9H18N2O2S. The summed E-state index contributed by atoms with van der Waals surface area (Å²) in [4.78, 5) is 0. The summed E-state index contributed by atoms with van der Waals surface area (Å²) in [6, 6.07) is 0.106. The second-order valence-corrected chi connectivity index (χ2v) is 6.72. The van der Waals surface area contributed by atoms with Crippen LogP contribution in [0.15, 0.2) is 0 Å². The van der Waals surface area contributed by atoms with Crippen LogP contribution in [0.2, 0.25) is 0 Å². The fraction of sp³-hybridized carbons (Fsp3) is 1.00. The molecule has 1 aliphatic heterocycles. The molecule has 1 saturated carbocycles. The molecule has 0 bridgehead atoms. The Kier molecular flexibility index (Phi) is 2.57. The predicted octanol–water partition coefficient (Wildman–Crippen LogP) is 0.148. The second kappa shape index (κ2) is 3.47. The summed E-state index contributed by atoms with van der Waals surface area (Å²) in [6.45, 7) is 3.26. The molecule has 0 radical (unpaired) electrons. The summed E-state index contributed by atoms with van der Waals surface area (Å²) in [5.41, 5.74) is 5.77. The number of nitrogens with zero attached hydrogens (tertiary/aromatic N) is 1. The molecule has 0 aromatic rings. The smallest absolute Gasteiger partial charge is 0.216 e. The van der Waals surface area contributed by atoms with E-state index in [1.54, 1.807) is 4.31 Å². The summed E-state index contributed by atoms with van der Waals surface area (Å²) >= 11 is 0. The maximum Gasteiger partial charge on any atom is 0.216 e. The summed E-state index contributed by atoms with van der Waals surface area (Å²) in [7, 11) is -2.95. The van der Waals surface area contributed by atoms with Crippen LogP contribution >= 0.6 is 0 Å². The van der Waals surface area contributed by atoms with Crippen molar-refractivity contribution in [2.24, 2.45) is 11.7 Å². The van der Waals surface area contributed by atoms with E-state index in [-0.39, 0.29) is 11.3 Å². The average molecular weight is 218 g/mol. The topological polar surface area (TPSA) is 63.4 Å². The lowest BCUT2D eigenvalue weighted by Crippen LogP contribution is -2.34. The molecule has 2 unspecified atom stereocenters. The molecule has 5 heteroatoms. The molecule has 4 nitrogen and oxygen atoms in total. The van der Waals surface area contributed by atoms with Gasteiger partial charge in [-0.2, -0.15) is 0 Å². The van der Waals surface area contributed by atoms with Crippen LogP contribution in [0, 0.1) is 5.92 Å². The first kappa shape index (κ1) is 10.4. The quantitative estimate of drug-likeness (QED) is 0.733. The largest absolute Gasteiger partial charge is 0.328 e. The third kappa shape index (κ3) is 1.81. The normalized spacial score (nSPS) is 32.0. The zero-order valence-electron chi connectivity index (χ0n) is 8.52. The monoisotopic (exact) mass is 218 g/mol. The van der Waals surface area contributed by atoms with Gasteiger partial charge < -0.3 is 5.73 Å². The molecule has 2 aliphatic rings. The van der Waals surface area contributed by atoms with E-state index in [1.807, 2.05) is 6.92 Å². The van der Waals surface area contributed by atoms with Crippen LogP contribution in [0.3, 0.4) is 0 Å². The van der Waals surface area contributed by atoms with E-state index in [9.17, 15) is 8.42 Å². The Bertz CT molecular complexity index is 309. The highest BCUT2D eigenvalue weighted by Crippen LogP contribution is 2.33. The minimum absolute atomic E-state index is 0.0747. The Morgan fingerprint density at radius 2 is 2.00 bits per heavy atom. The summed E-state index contributed by atoms with van der Waals surface area (Å²) < 4.78 is 25.3. The lowest BCUT2D eigenvalue weighted by atomic mass is 10.0. The first-order chi connectivity index (χ1) is 6.51. The molecule has 2 rings (SSSR count). The molecule has 0 aromatic heterocycles. The summed E-state index contributed by atoms with van der Waals surface area (Å²) in [6.07, 6.45) is 2.62. The highest BCUT2D eigenvalue weighted by molar-refractivity contribution is 7.90. The molecule has 1 aliphatic carbocycles. The van der Waals surface area contributed by atoms with Crippen molar-refractivity contribution < 1.29 is 8.42 Å². The molecule has 0 aromatic carbocycles. The molecule has 1 saturated heterocycles. The first-order valence-electron chi connectivity index (χ1n) is 5.26. The van der Waals surface area contributed by atoms with Crippen LogP contribution in [0.25, 0.3) is 0 Å². The Morgan fingerprint density at radius 3 is 2.43 bits per heavy atom. The average Bonchev–Trinajstić information content (AvgIpc) is 2.82. The maximum atomic E-state index is 11.8. The number of hydrogen-bond donors (Lipinski definition) is 1. The van der Waals surface area contributed by atoms with Crippen molar-refractivity contribution in [2.75, 3.05) is 13.1 Å². The van der Waals surface area contributed by atoms with Gasteiger partial charge in [-0.05, 0) is 32.1 Å². The zero-order chi connectivity index (χ0) is 10.3. The molecule has 2 atom stereocenters.